The molecule has 4 rings (SSSR count). The van der Waals surface area contributed by atoms with Gasteiger partial charge in [-0.1, -0.05) is 12.1 Å². The van der Waals surface area contributed by atoms with E-state index in [-0.39, 0.29) is 0 Å². The van der Waals surface area contributed by atoms with Crippen LogP contribution in [0.2, 0.25) is 0 Å². The molecular formula is C20H27N3O2. The molecule has 2 fully saturated rings. The molecule has 134 valence electrons. The molecule has 1 atom stereocenters. The Morgan fingerprint density at radius 1 is 1.16 bits per heavy atom. The monoisotopic (exact) mass is 341 g/mol. The van der Waals surface area contributed by atoms with Crippen LogP contribution in [-0.4, -0.2) is 41.8 Å². The lowest BCUT2D eigenvalue weighted by molar-refractivity contribution is 0.300. The van der Waals surface area contributed by atoms with E-state index in [1.807, 2.05) is 18.3 Å². The molecule has 5 heteroatoms. The van der Waals surface area contributed by atoms with Crippen LogP contribution in [0.25, 0.3) is 0 Å². The van der Waals surface area contributed by atoms with E-state index in [2.05, 4.69) is 27.4 Å². The van der Waals surface area contributed by atoms with Crippen molar-refractivity contribution >= 4 is 0 Å². The molecule has 1 saturated heterocycles. The molecule has 2 aliphatic rings. The number of hydrogen-bond donors (Lipinski definition) is 0. The molecule has 1 saturated carbocycles. The number of aromatic nitrogens is 2. The smallest absolute Gasteiger partial charge is 0.165 e. The predicted octanol–water partition coefficient (Wildman–Crippen LogP) is 3.53. The van der Waals surface area contributed by atoms with Crippen molar-refractivity contribution in [1.29, 1.82) is 0 Å². The fourth-order valence-electron chi connectivity index (χ4n) is 4.07. The highest BCUT2D eigenvalue weighted by Crippen LogP contribution is 2.41. The van der Waals surface area contributed by atoms with Crippen LogP contribution in [-0.2, 0) is 6.54 Å². The average molecular weight is 341 g/mol. The number of aryl methyl sites for hydroxylation is 1. The van der Waals surface area contributed by atoms with Crippen molar-refractivity contribution in [2.75, 3.05) is 27.3 Å². The normalized spacial score (nSPS) is 20.8. The van der Waals surface area contributed by atoms with E-state index >= 15 is 0 Å². The van der Waals surface area contributed by atoms with Gasteiger partial charge in [-0.05, 0) is 32.3 Å². The van der Waals surface area contributed by atoms with Crippen LogP contribution < -0.4 is 9.47 Å². The first-order valence-electron chi connectivity index (χ1n) is 9.17. The first-order chi connectivity index (χ1) is 12.2. The number of likely N-dealkylation sites (tertiary alicyclic amines) is 1. The zero-order valence-electron chi connectivity index (χ0n) is 15.4. The lowest BCUT2D eigenvalue weighted by atomic mass is 10.1. The quantitative estimate of drug-likeness (QED) is 0.806. The Morgan fingerprint density at radius 2 is 2.00 bits per heavy atom. The summed E-state index contributed by atoms with van der Waals surface area (Å²) in [6, 6.07) is 6.66. The van der Waals surface area contributed by atoms with Gasteiger partial charge in [0.2, 0.25) is 0 Å². The number of rotatable bonds is 6. The Bertz CT molecular complexity index is 751. The molecule has 25 heavy (non-hydrogen) atoms. The highest BCUT2D eigenvalue weighted by molar-refractivity contribution is 5.46. The fourth-order valence-corrected chi connectivity index (χ4v) is 4.07. The summed E-state index contributed by atoms with van der Waals surface area (Å²) in [6.07, 6.45) is 5.83. The van der Waals surface area contributed by atoms with Crippen LogP contribution in [0.1, 0.15) is 48.3 Å². The molecule has 1 aromatic heterocycles. The second kappa shape index (κ2) is 6.71. The maximum absolute atomic E-state index is 5.59. The third kappa shape index (κ3) is 3.13. The number of methoxy groups -OCH3 is 2. The summed E-state index contributed by atoms with van der Waals surface area (Å²) in [5, 5.41) is 0. The Labute approximate surface area is 149 Å². The van der Waals surface area contributed by atoms with E-state index in [4.69, 9.17) is 9.47 Å². The molecule has 0 bridgehead atoms. The van der Waals surface area contributed by atoms with E-state index in [9.17, 15) is 0 Å². The maximum atomic E-state index is 5.59. The minimum atomic E-state index is 0.537. The van der Waals surface area contributed by atoms with Gasteiger partial charge in [0.05, 0.1) is 14.2 Å². The van der Waals surface area contributed by atoms with Crippen molar-refractivity contribution in [3.8, 4) is 11.5 Å². The molecule has 0 N–H and O–H groups in total. The van der Waals surface area contributed by atoms with E-state index in [0.717, 1.165) is 31.1 Å². The van der Waals surface area contributed by atoms with Crippen LogP contribution in [0.5, 0.6) is 11.5 Å². The lowest BCUT2D eigenvalue weighted by Gasteiger charge is -2.21. The molecule has 0 amide bonds. The number of imidazole rings is 1. The molecule has 0 radical (unpaired) electrons. The highest BCUT2D eigenvalue weighted by Gasteiger charge is 2.33. The van der Waals surface area contributed by atoms with Crippen molar-refractivity contribution in [3.05, 3.63) is 41.5 Å². The van der Waals surface area contributed by atoms with Crippen molar-refractivity contribution in [3.63, 3.8) is 0 Å². The number of para-hydroxylation sites is 1. The van der Waals surface area contributed by atoms with E-state index in [1.165, 1.54) is 36.3 Å². The summed E-state index contributed by atoms with van der Waals surface area (Å²) in [4.78, 5) is 7.20. The van der Waals surface area contributed by atoms with Gasteiger partial charge in [0.1, 0.15) is 5.82 Å². The Balaban J connectivity index is 1.50. The summed E-state index contributed by atoms with van der Waals surface area (Å²) in [6.45, 7) is 5.25. The topological polar surface area (TPSA) is 39.5 Å². The maximum Gasteiger partial charge on any atom is 0.165 e. The van der Waals surface area contributed by atoms with E-state index in [1.54, 1.807) is 14.2 Å². The van der Waals surface area contributed by atoms with Crippen LogP contribution in [0.4, 0.5) is 0 Å². The van der Waals surface area contributed by atoms with Crippen molar-refractivity contribution in [2.45, 2.75) is 44.7 Å². The van der Waals surface area contributed by atoms with Crippen LogP contribution >= 0.6 is 0 Å². The van der Waals surface area contributed by atoms with Crippen LogP contribution in [0.3, 0.4) is 0 Å². The van der Waals surface area contributed by atoms with Crippen molar-refractivity contribution in [1.82, 2.24) is 14.5 Å². The zero-order valence-corrected chi connectivity index (χ0v) is 15.4. The molecular weight excluding hydrogens is 314 g/mol. The third-order valence-corrected chi connectivity index (χ3v) is 5.44. The van der Waals surface area contributed by atoms with Crippen LogP contribution in [0.15, 0.2) is 24.4 Å². The summed E-state index contributed by atoms with van der Waals surface area (Å²) in [5.74, 6) is 3.66. The Hall–Kier alpha value is -2.01. The molecule has 1 unspecified atom stereocenters. The van der Waals surface area contributed by atoms with Gasteiger partial charge < -0.3 is 14.0 Å². The minimum absolute atomic E-state index is 0.537. The second-order valence-corrected chi connectivity index (χ2v) is 7.23. The standard InChI is InChI=1S/C20H27N3O2/c1-14-11-21-20(15-7-8-15)23(14)17-9-10-22(13-17)12-16-5-4-6-18(24-2)19(16)25-3/h4-6,11,15,17H,7-10,12-13H2,1-3H3. The minimum Gasteiger partial charge on any atom is -0.493 e. The average Bonchev–Trinajstić information content (AvgIpc) is 3.25. The van der Waals surface area contributed by atoms with Crippen molar-refractivity contribution in [2.24, 2.45) is 0 Å². The van der Waals surface area contributed by atoms with Gasteiger partial charge >= 0.3 is 0 Å². The summed E-state index contributed by atoms with van der Waals surface area (Å²) in [5.41, 5.74) is 2.49. The summed E-state index contributed by atoms with van der Waals surface area (Å²) in [7, 11) is 3.40. The zero-order chi connectivity index (χ0) is 17.4. The van der Waals surface area contributed by atoms with Crippen molar-refractivity contribution < 1.29 is 9.47 Å². The highest BCUT2D eigenvalue weighted by atomic mass is 16.5. The van der Waals surface area contributed by atoms with E-state index < -0.39 is 0 Å². The predicted molar refractivity (Wildman–Crippen MR) is 97.4 cm³/mol. The number of ether oxygens (including phenoxy) is 2. The SMILES string of the molecule is COc1cccc(CN2CCC(n3c(C)cnc3C3CC3)C2)c1OC. The number of benzene rings is 1. The molecule has 1 aromatic carbocycles. The van der Waals surface area contributed by atoms with Gasteiger partial charge in [-0.25, -0.2) is 4.98 Å². The molecule has 2 heterocycles. The van der Waals surface area contributed by atoms with Gasteiger partial charge in [0, 0.05) is 49.0 Å². The Kier molecular flexibility index (Phi) is 4.42. The first-order valence-corrected chi connectivity index (χ1v) is 9.17. The van der Waals surface area contributed by atoms with Gasteiger partial charge in [-0.3, -0.25) is 4.90 Å². The Morgan fingerprint density at radius 3 is 2.72 bits per heavy atom. The van der Waals surface area contributed by atoms with Gasteiger partial charge in [-0.15, -0.1) is 0 Å². The lowest BCUT2D eigenvalue weighted by Crippen LogP contribution is -2.22. The third-order valence-electron chi connectivity index (χ3n) is 5.44. The number of hydrogen-bond acceptors (Lipinski definition) is 4. The largest absolute Gasteiger partial charge is 0.493 e. The molecule has 1 aliphatic heterocycles. The second-order valence-electron chi connectivity index (χ2n) is 7.23. The van der Waals surface area contributed by atoms with Gasteiger partial charge in [0.15, 0.2) is 11.5 Å². The van der Waals surface area contributed by atoms with Gasteiger partial charge in [0.25, 0.3) is 0 Å². The fraction of sp³-hybridized carbons (Fsp3) is 0.550. The van der Waals surface area contributed by atoms with Crippen LogP contribution in [0, 0.1) is 6.92 Å². The summed E-state index contributed by atoms with van der Waals surface area (Å²) < 4.78 is 13.5. The van der Waals surface area contributed by atoms with E-state index in [0.29, 0.717) is 12.0 Å². The first kappa shape index (κ1) is 16.5. The number of nitrogens with zero attached hydrogens (tertiary/aromatic N) is 3. The molecule has 0 spiro atoms. The van der Waals surface area contributed by atoms with Gasteiger partial charge in [-0.2, -0.15) is 0 Å². The summed E-state index contributed by atoms with van der Waals surface area (Å²) >= 11 is 0. The molecule has 1 aliphatic carbocycles. The molecule has 5 nitrogen and oxygen atoms in total. The molecule has 2 aromatic rings.